The molecule has 1 aliphatic heterocycles. The van der Waals surface area contributed by atoms with Crippen molar-refractivity contribution in [3.63, 3.8) is 0 Å². The first-order valence-corrected chi connectivity index (χ1v) is 11.7. The summed E-state index contributed by atoms with van der Waals surface area (Å²) in [5.41, 5.74) is 5.53. The third-order valence-electron chi connectivity index (χ3n) is 6.44. The lowest BCUT2D eigenvalue weighted by Gasteiger charge is -2.24. The first-order valence-electron chi connectivity index (χ1n) is 11.3. The predicted octanol–water partition coefficient (Wildman–Crippen LogP) is 6.39. The van der Waals surface area contributed by atoms with Crippen molar-refractivity contribution in [3.8, 4) is 0 Å². The summed E-state index contributed by atoms with van der Waals surface area (Å²) in [7, 11) is 0. The van der Waals surface area contributed by atoms with Crippen molar-refractivity contribution in [2.45, 2.75) is 32.2 Å². The minimum Gasteiger partial charge on any atom is -0.326 e. The molecule has 4 nitrogen and oxygen atoms in total. The van der Waals surface area contributed by atoms with E-state index in [4.69, 9.17) is 11.6 Å². The lowest BCUT2D eigenvalue weighted by atomic mass is 9.93. The fraction of sp³-hybridized carbons (Fsp3) is 0.214. The van der Waals surface area contributed by atoms with Crippen molar-refractivity contribution in [2.75, 3.05) is 10.2 Å². The maximum absolute atomic E-state index is 13.6. The zero-order chi connectivity index (χ0) is 22.8. The Labute approximate surface area is 198 Å². The van der Waals surface area contributed by atoms with Crippen LogP contribution in [0.25, 0.3) is 0 Å². The quantitative estimate of drug-likeness (QED) is 0.464. The highest BCUT2D eigenvalue weighted by Crippen LogP contribution is 2.33. The van der Waals surface area contributed by atoms with E-state index >= 15 is 0 Å². The van der Waals surface area contributed by atoms with Crippen molar-refractivity contribution >= 4 is 34.8 Å². The van der Waals surface area contributed by atoms with Gasteiger partial charge in [0.25, 0.3) is 5.91 Å². The van der Waals surface area contributed by atoms with Crippen LogP contribution in [0.1, 0.15) is 46.3 Å². The number of nitrogens with one attached hydrogen (secondary N) is 1. The van der Waals surface area contributed by atoms with E-state index in [0.29, 0.717) is 22.8 Å². The third kappa shape index (κ3) is 4.57. The summed E-state index contributed by atoms with van der Waals surface area (Å²) in [6.07, 6.45) is 7.52. The number of nitrogens with zero attached hydrogens (tertiary/aromatic N) is 1. The van der Waals surface area contributed by atoms with Crippen LogP contribution in [0.15, 0.2) is 78.9 Å². The minimum atomic E-state index is -0.0782. The molecule has 0 radical (unpaired) electrons. The first kappa shape index (κ1) is 21.5. The number of hydrogen-bond donors (Lipinski definition) is 1. The van der Waals surface area contributed by atoms with E-state index in [9.17, 15) is 9.59 Å². The number of anilines is 2. The summed E-state index contributed by atoms with van der Waals surface area (Å²) < 4.78 is 0. The summed E-state index contributed by atoms with van der Waals surface area (Å²) in [5, 5.41) is 3.65. The number of allylic oxidation sites excluding steroid dienone is 2. The molecule has 0 spiro atoms. The van der Waals surface area contributed by atoms with Gasteiger partial charge in [-0.15, -0.1) is 0 Å². The molecular formula is C28H25ClN2O2. The van der Waals surface area contributed by atoms with Gasteiger partial charge >= 0.3 is 0 Å². The average molecular weight is 457 g/mol. The Kier molecular flexibility index (Phi) is 6.01. The Morgan fingerprint density at radius 2 is 1.70 bits per heavy atom. The first-order chi connectivity index (χ1) is 16.1. The molecule has 166 valence electrons. The molecule has 3 aromatic rings. The highest BCUT2D eigenvalue weighted by atomic mass is 35.5. The second-order valence-electron chi connectivity index (χ2n) is 8.66. The molecule has 1 atom stereocenters. The second kappa shape index (κ2) is 9.24. The van der Waals surface area contributed by atoms with E-state index in [1.165, 1.54) is 5.56 Å². The Morgan fingerprint density at radius 1 is 0.909 bits per heavy atom. The topological polar surface area (TPSA) is 49.4 Å². The summed E-state index contributed by atoms with van der Waals surface area (Å²) in [4.78, 5) is 27.9. The summed E-state index contributed by atoms with van der Waals surface area (Å²) in [6, 6.07) is 21.1. The number of rotatable bonds is 3. The van der Waals surface area contributed by atoms with Crippen LogP contribution in [0.5, 0.6) is 0 Å². The highest BCUT2D eigenvalue weighted by molar-refractivity contribution is 6.30. The van der Waals surface area contributed by atoms with Crippen LogP contribution in [-0.2, 0) is 17.8 Å². The van der Waals surface area contributed by atoms with Crippen LogP contribution in [0.2, 0.25) is 5.02 Å². The van der Waals surface area contributed by atoms with Crippen LogP contribution in [0, 0.1) is 5.92 Å². The Morgan fingerprint density at radius 3 is 2.45 bits per heavy atom. The van der Waals surface area contributed by atoms with E-state index in [1.807, 2.05) is 35.2 Å². The lowest BCUT2D eigenvalue weighted by Crippen LogP contribution is -2.30. The van der Waals surface area contributed by atoms with Crippen LogP contribution in [0.4, 0.5) is 11.4 Å². The van der Waals surface area contributed by atoms with Gasteiger partial charge in [-0.05, 0) is 84.8 Å². The monoisotopic (exact) mass is 456 g/mol. The van der Waals surface area contributed by atoms with Crippen molar-refractivity contribution in [3.05, 3.63) is 106 Å². The zero-order valence-corrected chi connectivity index (χ0v) is 19.0. The molecule has 2 aliphatic rings. The van der Waals surface area contributed by atoms with E-state index in [0.717, 1.165) is 42.5 Å². The number of carbonyl (C=O) groups excluding carboxylic acids is 2. The van der Waals surface area contributed by atoms with Crippen molar-refractivity contribution < 1.29 is 9.59 Å². The second-order valence-corrected chi connectivity index (χ2v) is 9.09. The number of amides is 2. The maximum atomic E-state index is 13.6. The Balaban J connectivity index is 1.39. The molecule has 0 bridgehead atoms. The molecule has 5 heteroatoms. The summed E-state index contributed by atoms with van der Waals surface area (Å²) in [6.45, 7) is 0.497. The maximum Gasteiger partial charge on any atom is 0.258 e. The highest BCUT2D eigenvalue weighted by Gasteiger charge is 2.25. The molecule has 0 saturated carbocycles. The molecule has 5 rings (SSSR count). The molecule has 33 heavy (non-hydrogen) atoms. The summed E-state index contributed by atoms with van der Waals surface area (Å²) in [5.74, 6) is -0.0317. The van der Waals surface area contributed by atoms with Gasteiger partial charge in [-0.3, -0.25) is 9.59 Å². The van der Waals surface area contributed by atoms with E-state index in [1.54, 1.807) is 24.3 Å². The molecule has 0 saturated heterocycles. The normalized spacial score (nSPS) is 17.0. The van der Waals surface area contributed by atoms with Gasteiger partial charge in [-0.25, -0.2) is 0 Å². The number of fused-ring (bicyclic) bond motifs is 2. The molecule has 1 aliphatic carbocycles. The zero-order valence-electron chi connectivity index (χ0n) is 18.3. The van der Waals surface area contributed by atoms with E-state index in [2.05, 4.69) is 29.6 Å². The number of hydrogen-bond acceptors (Lipinski definition) is 2. The fourth-order valence-corrected chi connectivity index (χ4v) is 4.81. The molecular weight excluding hydrogens is 432 g/mol. The van der Waals surface area contributed by atoms with Crippen LogP contribution in [-0.4, -0.2) is 11.8 Å². The Hall–Kier alpha value is -3.37. The van der Waals surface area contributed by atoms with Gasteiger partial charge in [0.05, 0.1) is 6.54 Å². The van der Waals surface area contributed by atoms with Gasteiger partial charge < -0.3 is 10.2 Å². The van der Waals surface area contributed by atoms with Gasteiger partial charge in [-0.2, -0.15) is 0 Å². The van der Waals surface area contributed by atoms with Gasteiger partial charge in [0.1, 0.15) is 0 Å². The fourth-order valence-electron chi connectivity index (χ4n) is 4.61. The van der Waals surface area contributed by atoms with Crippen molar-refractivity contribution in [1.82, 2.24) is 0 Å². The largest absolute Gasteiger partial charge is 0.326 e. The SMILES string of the molecule is O=C(Nc1ccc(C(=O)N2Cc3ccccc3Cc3cc(Cl)ccc32)cc1)C1CC=CCC1. The van der Waals surface area contributed by atoms with Gasteiger partial charge in [0.15, 0.2) is 0 Å². The number of benzene rings is 3. The van der Waals surface area contributed by atoms with Crippen LogP contribution >= 0.6 is 11.6 Å². The molecule has 3 aromatic carbocycles. The van der Waals surface area contributed by atoms with Crippen LogP contribution < -0.4 is 10.2 Å². The molecule has 1 N–H and O–H groups in total. The third-order valence-corrected chi connectivity index (χ3v) is 6.68. The van der Waals surface area contributed by atoms with Gasteiger partial charge in [0, 0.05) is 27.9 Å². The minimum absolute atomic E-state index is 0.0109. The van der Waals surface area contributed by atoms with E-state index in [-0.39, 0.29) is 17.7 Å². The van der Waals surface area contributed by atoms with Gasteiger partial charge in [0.2, 0.25) is 5.91 Å². The number of carbonyl (C=O) groups is 2. The van der Waals surface area contributed by atoms with E-state index < -0.39 is 0 Å². The Bertz CT molecular complexity index is 1230. The molecule has 1 heterocycles. The average Bonchev–Trinajstić information content (AvgIpc) is 3.01. The van der Waals surface area contributed by atoms with Crippen molar-refractivity contribution in [1.29, 1.82) is 0 Å². The predicted molar refractivity (Wildman–Crippen MR) is 133 cm³/mol. The van der Waals surface area contributed by atoms with Gasteiger partial charge in [-0.1, -0.05) is 48.0 Å². The van der Waals surface area contributed by atoms with Crippen molar-refractivity contribution in [2.24, 2.45) is 5.92 Å². The number of halogens is 1. The molecule has 1 unspecified atom stereocenters. The lowest BCUT2D eigenvalue weighted by molar-refractivity contribution is -0.120. The smallest absolute Gasteiger partial charge is 0.258 e. The molecule has 2 amide bonds. The summed E-state index contributed by atoms with van der Waals surface area (Å²) >= 11 is 6.27. The standard InChI is InChI=1S/C28H25ClN2O2/c29-24-12-15-26-23(17-24)16-21-8-4-5-9-22(21)18-31(26)28(33)20-10-13-25(14-11-20)30-27(32)19-6-2-1-3-7-19/h1-2,4-5,8-15,17,19H,3,6-7,16,18H2,(H,30,32). The molecule has 0 fully saturated rings. The molecule has 0 aromatic heterocycles. The van der Waals surface area contributed by atoms with Crippen LogP contribution in [0.3, 0.4) is 0 Å².